The van der Waals surface area contributed by atoms with Gasteiger partial charge in [-0.25, -0.2) is 0 Å². The van der Waals surface area contributed by atoms with Crippen molar-refractivity contribution >= 4 is 5.57 Å². The Morgan fingerprint density at radius 3 is 2.12 bits per heavy atom. The molecule has 1 unspecified atom stereocenters. The van der Waals surface area contributed by atoms with Crippen molar-refractivity contribution in [1.29, 1.82) is 0 Å². The van der Waals surface area contributed by atoms with E-state index in [0.29, 0.717) is 0 Å². The summed E-state index contributed by atoms with van der Waals surface area (Å²) in [7, 11) is 3.37. The van der Waals surface area contributed by atoms with Gasteiger partial charge in [-0.2, -0.15) is 0 Å². The molecule has 1 aliphatic carbocycles. The third kappa shape index (κ3) is 5.04. The highest BCUT2D eigenvalue weighted by Gasteiger charge is 2.32. The SMILES string of the molecule is C=CCN(C1CCCC=C1c1ccc(OC)c(OC)c1)C(c1ccccc1)c1ccccc1. The summed E-state index contributed by atoms with van der Waals surface area (Å²) in [5, 5.41) is 0. The van der Waals surface area contributed by atoms with Crippen molar-refractivity contribution in [1.82, 2.24) is 4.90 Å². The average molecular weight is 440 g/mol. The van der Waals surface area contributed by atoms with E-state index in [0.717, 1.165) is 30.9 Å². The van der Waals surface area contributed by atoms with Crippen LogP contribution in [0.15, 0.2) is 97.6 Å². The number of benzene rings is 3. The fraction of sp³-hybridized carbons (Fsp3) is 0.267. The summed E-state index contributed by atoms with van der Waals surface area (Å²) in [6.07, 6.45) is 7.79. The van der Waals surface area contributed by atoms with Crippen LogP contribution in [-0.2, 0) is 0 Å². The number of nitrogens with zero attached hydrogens (tertiary/aromatic N) is 1. The van der Waals surface area contributed by atoms with Crippen molar-refractivity contribution in [2.24, 2.45) is 0 Å². The minimum Gasteiger partial charge on any atom is -0.493 e. The number of hydrogen-bond acceptors (Lipinski definition) is 3. The molecule has 1 aliphatic rings. The van der Waals surface area contributed by atoms with E-state index in [4.69, 9.17) is 9.47 Å². The minimum atomic E-state index is 0.136. The molecule has 0 N–H and O–H groups in total. The Balaban J connectivity index is 1.80. The molecule has 0 heterocycles. The topological polar surface area (TPSA) is 21.7 Å². The minimum absolute atomic E-state index is 0.136. The molecule has 0 radical (unpaired) electrons. The zero-order valence-electron chi connectivity index (χ0n) is 19.6. The van der Waals surface area contributed by atoms with Gasteiger partial charge in [-0.15, -0.1) is 6.58 Å². The predicted octanol–water partition coefficient (Wildman–Crippen LogP) is 6.92. The second-order valence-corrected chi connectivity index (χ2v) is 8.39. The molecular weight excluding hydrogens is 406 g/mol. The van der Waals surface area contributed by atoms with Crippen molar-refractivity contribution < 1.29 is 9.47 Å². The van der Waals surface area contributed by atoms with Crippen LogP contribution in [0.4, 0.5) is 0 Å². The van der Waals surface area contributed by atoms with E-state index >= 15 is 0 Å². The van der Waals surface area contributed by atoms with E-state index in [1.54, 1.807) is 14.2 Å². The molecule has 33 heavy (non-hydrogen) atoms. The molecule has 0 saturated heterocycles. The van der Waals surface area contributed by atoms with Crippen LogP contribution in [0, 0.1) is 0 Å². The predicted molar refractivity (Wildman–Crippen MR) is 137 cm³/mol. The van der Waals surface area contributed by atoms with Crippen molar-refractivity contribution in [3.8, 4) is 11.5 Å². The highest BCUT2D eigenvalue weighted by molar-refractivity contribution is 5.72. The first-order valence-corrected chi connectivity index (χ1v) is 11.7. The van der Waals surface area contributed by atoms with Gasteiger partial charge in [0, 0.05) is 12.6 Å². The first-order valence-electron chi connectivity index (χ1n) is 11.7. The normalized spacial score (nSPS) is 15.9. The molecule has 0 saturated carbocycles. The molecule has 0 aromatic heterocycles. The van der Waals surface area contributed by atoms with Crippen LogP contribution in [0.1, 0.15) is 42.0 Å². The summed E-state index contributed by atoms with van der Waals surface area (Å²) in [6.45, 7) is 4.91. The third-order valence-electron chi connectivity index (χ3n) is 6.42. The molecule has 4 rings (SSSR count). The van der Waals surface area contributed by atoms with E-state index in [2.05, 4.69) is 90.4 Å². The Labute approximate surface area is 198 Å². The lowest BCUT2D eigenvalue weighted by atomic mass is 9.85. The average Bonchev–Trinajstić information content (AvgIpc) is 2.89. The number of ether oxygens (including phenoxy) is 2. The molecule has 3 aromatic rings. The Hall–Kier alpha value is -3.30. The van der Waals surface area contributed by atoms with Gasteiger partial charge in [0.05, 0.1) is 20.3 Å². The second-order valence-electron chi connectivity index (χ2n) is 8.39. The van der Waals surface area contributed by atoms with E-state index in [-0.39, 0.29) is 12.1 Å². The first-order chi connectivity index (χ1) is 16.3. The van der Waals surface area contributed by atoms with E-state index < -0.39 is 0 Å². The quantitative estimate of drug-likeness (QED) is 0.338. The lowest BCUT2D eigenvalue weighted by molar-refractivity contribution is 0.199. The van der Waals surface area contributed by atoms with Crippen molar-refractivity contribution in [3.63, 3.8) is 0 Å². The first kappa shape index (κ1) is 22.9. The van der Waals surface area contributed by atoms with Gasteiger partial charge in [0.1, 0.15) is 0 Å². The molecule has 0 bridgehead atoms. The number of allylic oxidation sites excluding steroid dienone is 1. The van der Waals surface area contributed by atoms with Crippen LogP contribution in [-0.4, -0.2) is 31.7 Å². The second kappa shape index (κ2) is 11.0. The van der Waals surface area contributed by atoms with Crippen LogP contribution in [0.3, 0.4) is 0 Å². The molecule has 3 heteroatoms. The van der Waals surface area contributed by atoms with Crippen LogP contribution in [0.25, 0.3) is 5.57 Å². The Morgan fingerprint density at radius 2 is 1.55 bits per heavy atom. The molecule has 170 valence electrons. The third-order valence-corrected chi connectivity index (χ3v) is 6.42. The lowest BCUT2D eigenvalue weighted by Gasteiger charge is -2.41. The van der Waals surface area contributed by atoms with Gasteiger partial charge in [-0.3, -0.25) is 4.90 Å². The molecule has 0 aliphatic heterocycles. The van der Waals surface area contributed by atoms with E-state index in [1.807, 2.05) is 12.1 Å². The summed E-state index contributed by atoms with van der Waals surface area (Å²) < 4.78 is 11.1. The Bertz CT molecular complexity index is 1040. The molecule has 3 aromatic carbocycles. The van der Waals surface area contributed by atoms with Crippen molar-refractivity contribution in [3.05, 3.63) is 114 Å². The molecule has 0 amide bonds. The van der Waals surface area contributed by atoms with Crippen LogP contribution < -0.4 is 9.47 Å². The van der Waals surface area contributed by atoms with E-state index in [9.17, 15) is 0 Å². The summed E-state index contributed by atoms with van der Waals surface area (Å²) >= 11 is 0. The summed E-state index contributed by atoms with van der Waals surface area (Å²) in [4.78, 5) is 2.60. The molecular formula is C30H33NO2. The van der Waals surface area contributed by atoms with Crippen molar-refractivity contribution in [2.45, 2.75) is 31.3 Å². The maximum absolute atomic E-state index is 5.62. The van der Waals surface area contributed by atoms with Gasteiger partial charge < -0.3 is 9.47 Å². The fourth-order valence-corrected chi connectivity index (χ4v) is 4.94. The summed E-state index contributed by atoms with van der Waals surface area (Å²) in [6, 6.07) is 28.3. The largest absolute Gasteiger partial charge is 0.493 e. The van der Waals surface area contributed by atoms with Crippen LogP contribution >= 0.6 is 0 Å². The Kier molecular flexibility index (Phi) is 7.64. The molecule has 0 fully saturated rings. The van der Waals surface area contributed by atoms with Gasteiger partial charge >= 0.3 is 0 Å². The fourth-order valence-electron chi connectivity index (χ4n) is 4.94. The maximum atomic E-state index is 5.62. The highest BCUT2D eigenvalue weighted by Crippen LogP contribution is 2.40. The molecule has 3 nitrogen and oxygen atoms in total. The van der Waals surface area contributed by atoms with E-state index in [1.165, 1.54) is 28.7 Å². The van der Waals surface area contributed by atoms with Crippen LogP contribution in [0.5, 0.6) is 11.5 Å². The molecule has 1 atom stereocenters. The zero-order chi connectivity index (χ0) is 23.0. The van der Waals surface area contributed by atoms with Crippen molar-refractivity contribution in [2.75, 3.05) is 20.8 Å². The summed E-state index contributed by atoms with van der Waals surface area (Å²) in [5.41, 5.74) is 5.12. The van der Waals surface area contributed by atoms with Gasteiger partial charge in [-0.05, 0) is 53.7 Å². The van der Waals surface area contributed by atoms with Gasteiger partial charge in [0.25, 0.3) is 0 Å². The van der Waals surface area contributed by atoms with Gasteiger partial charge in [-0.1, -0.05) is 78.9 Å². The van der Waals surface area contributed by atoms with Gasteiger partial charge in [0.15, 0.2) is 11.5 Å². The highest BCUT2D eigenvalue weighted by atomic mass is 16.5. The standard InChI is InChI=1S/C30H33NO2/c1-4-21-31(30(23-13-7-5-8-14-23)24-15-9-6-10-16-24)27-18-12-11-17-26(27)25-19-20-28(32-2)29(22-25)33-3/h4-10,13-17,19-20,22,27,30H,1,11-12,18,21H2,2-3H3. The van der Waals surface area contributed by atoms with Gasteiger partial charge in [0.2, 0.25) is 0 Å². The van der Waals surface area contributed by atoms with Crippen LogP contribution in [0.2, 0.25) is 0 Å². The monoisotopic (exact) mass is 439 g/mol. The lowest BCUT2D eigenvalue weighted by Crippen LogP contribution is -2.41. The maximum Gasteiger partial charge on any atom is 0.161 e. The summed E-state index contributed by atoms with van der Waals surface area (Å²) in [5.74, 6) is 1.52. The Morgan fingerprint density at radius 1 is 0.909 bits per heavy atom. The number of hydrogen-bond donors (Lipinski definition) is 0. The number of methoxy groups -OCH3 is 2. The molecule has 0 spiro atoms. The smallest absolute Gasteiger partial charge is 0.161 e. The number of rotatable bonds is 9. The zero-order valence-corrected chi connectivity index (χ0v) is 19.6.